The average molecular weight is 476 g/mol. The number of carboxylic acids is 1. The van der Waals surface area contributed by atoms with Crippen LogP contribution < -0.4 is 10.6 Å². The molecule has 0 fully saturated rings. The Morgan fingerprint density at radius 3 is 2.23 bits per heavy atom. The molecule has 1 aromatic heterocycles. The second kappa shape index (κ2) is 11.8. The molecular weight excluding hydrogens is 449 g/mol. The molecule has 35 heavy (non-hydrogen) atoms. The summed E-state index contributed by atoms with van der Waals surface area (Å²) in [5.74, 6) is -1.55. The Hall–Kier alpha value is -3.45. The summed E-state index contributed by atoms with van der Waals surface area (Å²) in [4.78, 5) is 29.1. The molecule has 4 rings (SSSR count). The molecule has 6 nitrogen and oxygen atoms in total. The van der Waals surface area contributed by atoms with E-state index in [1.54, 1.807) is 24.4 Å². The van der Waals surface area contributed by atoms with Crippen molar-refractivity contribution in [3.05, 3.63) is 102 Å². The van der Waals surface area contributed by atoms with E-state index in [-0.39, 0.29) is 46.8 Å². The summed E-state index contributed by atoms with van der Waals surface area (Å²) in [7, 11) is 0. The molecule has 7 heteroatoms. The Morgan fingerprint density at radius 2 is 1.51 bits per heavy atom. The second-order valence-corrected chi connectivity index (χ2v) is 8.19. The number of rotatable bonds is 7. The molecule has 0 unspecified atom stereocenters. The van der Waals surface area contributed by atoms with Crippen LogP contribution in [-0.4, -0.2) is 57.6 Å². The van der Waals surface area contributed by atoms with Crippen molar-refractivity contribution in [3.8, 4) is 22.3 Å². The molecule has 4 aromatic rings. The molecule has 0 aliphatic rings. The van der Waals surface area contributed by atoms with E-state index in [2.05, 4.69) is 15.6 Å². The summed E-state index contributed by atoms with van der Waals surface area (Å²) in [5.41, 5.74) is 4.94. The first-order valence-electron chi connectivity index (χ1n) is 11.0. The Bertz CT molecular complexity index is 1340. The van der Waals surface area contributed by atoms with Crippen molar-refractivity contribution in [1.82, 2.24) is 4.98 Å². The number of pyridine rings is 1. The van der Waals surface area contributed by atoms with Crippen molar-refractivity contribution < 1.29 is 14.7 Å². The number of benzene rings is 3. The molecule has 1 heterocycles. The van der Waals surface area contributed by atoms with Gasteiger partial charge in [-0.05, 0) is 49.2 Å². The van der Waals surface area contributed by atoms with Crippen LogP contribution >= 0.6 is 0 Å². The van der Waals surface area contributed by atoms with Crippen molar-refractivity contribution in [1.29, 1.82) is 0 Å². The quantitative estimate of drug-likeness (QED) is 0.306. The monoisotopic (exact) mass is 475 g/mol. The molecule has 0 radical (unpaired) electrons. The fourth-order valence-corrected chi connectivity index (χ4v) is 3.72. The van der Waals surface area contributed by atoms with Crippen LogP contribution in [0.15, 0.2) is 91.3 Å². The Morgan fingerprint density at radius 1 is 0.800 bits per heavy atom. The number of carbonyl (C=O) groups is 2. The molecule has 3 aromatic carbocycles. The molecule has 0 aliphatic carbocycles. The van der Waals surface area contributed by atoms with E-state index >= 15 is 0 Å². The number of hydrogen-bond acceptors (Lipinski definition) is 4. The Balaban J connectivity index is 0.00000342. The van der Waals surface area contributed by atoms with Crippen molar-refractivity contribution >= 4 is 52.8 Å². The van der Waals surface area contributed by atoms with Gasteiger partial charge < -0.3 is 15.7 Å². The third-order valence-corrected chi connectivity index (χ3v) is 5.29. The van der Waals surface area contributed by atoms with Crippen molar-refractivity contribution in [2.24, 2.45) is 0 Å². The summed E-state index contributed by atoms with van der Waals surface area (Å²) >= 11 is 0. The number of aromatic nitrogens is 1. The van der Waals surface area contributed by atoms with Crippen LogP contribution in [0.25, 0.3) is 22.3 Å². The number of hydrogen-bond donors (Lipinski definition) is 3. The Labute approximate surface area is 226 Å². The third-order valence-electron chi connectivity index (χ3n) is 5.29. The van der Waals surface area contributed by atoms with Crippen LogP contribution in [0.2, 0.25) is 0 Å². The van der Waals surface area contributed by atoms with E-state index in [9.17, 15) is 14.7 Å². The van der Waals surface area contributed by atoms with E-state index in [1.807, 2.05) is 68.4 Å². The van der Waals surface area contributed by atoms with Gasteiger partial charge in [-0.1, -0.05) is 54.6 Å². The zero-order valence-electron chi connectivity index (χ0n) is 18.9. The van der Waals surface area contributed by atoms with Crippen molar-refractivity contribution in [2.45, 2.75) is 19.9 Å². The van der Waals surface area contributed by atoms with E-state index in [0.717, 1.165) is 27.9 Å². The number of carbonyl (C=O) groups excluding carboxylic acids is 1. The second-order valence-electron chi connectivity index (χ2n) is 8.19. The van der Waals surface area contributed by atoms with Crippen LogP contribution in [0.3, 0.4) is 0 Å². The molecule has 3 N–H and O–H groups in total. The van der Waals surface area contributed by atoms with E-state index in [4.69, 9.17) is 0 Å². The number of anilines is 2. The van der Waals surface area contributed by atoms with Gasteiger partial charge >= 0.3 is 35.5 Å². The van der Waals surface area contributed by atoms with Crippen molar-refractivity contribution in [3.63, 3.8) is 0 Å². The fourth-order valence-electron chi connectivity index (χ4n) is 3.72. The van der Waals surface area contributed by atoms with E-state index < -0.39 is 11.9 Å². The number of para-hydroxylation sites is 1. The topological polar surface area (TPSA) is 91.3 Å². The van der Waals surface area contributed by atoms with Gasteiger partial charge in [-0.3, -0.25) is 9.78 Å². The number of nitrogens with one attached hydrogen (secondary N) is 2. The van der Waals surface area contributed by atoms with Gasteiger partial charge in [0.2, 0.25) is 0 Å². The minimum absolute atomic E-state index is 0. The van der Waals surface area contributed by atoms with Crippen LogP contribution in [0.5, 0.6) is 0 Å². The molecule has 0 saturated heterocycles. The third kappa shape index (κ3) is 6.36. The molecule has 0 atom stereocenters. The Kier molecular flexibility index (Phi) is 8.82. The molecular formula is C28H26N3NaO3. The van der Waals surface area contributed by atoms with E-state index in [0.29, 0.717) is 5.56 Å². The maximum atomic E-state index is 13.1. The maximum absolute atomic E-state index is 13.1. The number of amides is 1. The molecule has 0 saturated carbocycles. The summed E-state index contributed by atoms with van der Waals surface area (Å²) in [6, 6.07) is 24.3. The zero-order valence-corrected chi connectivity index (χ0v) is 18.9. The first kappa shape index (κ1) is 26.2. The summed E-state index contributed by atoms with van der Waals surface area (Å²) < 4.78 is 0. The first-order valence-corrected chi connectivity index (χ1v) is 11.0. The fraction of sp³-hybridized carbons (Fsp3) is 0.107. The standard InChI is InChI=1S/C28H25N3O3.Na.H/c1-18(2)30-25-11-7-6-10-23(25)20-12-13-24(28(33)34)26(15-20)31-27(32)22-14-21(16-29-17-22)19-8-4-3-5-9-19;;/h3-18,30H,1-2H3,(H,31,32)(H,33,34);;. The molecule has 0 bridgehead atoms. The van der Waals surface area contributed by atoms with Crippen LogP contribution in [0.4, 0.5) is 11.4 Å². The van der Waals surface area contributed by atoms with Crippen LogP contribution in [0, 0.1) is 0 Å². The van der Waals surface area contributed by atoms with Crippen LogP contribution in [-0.2, 0) is 0 Å². The average Bonchev–Trinajstić information content (AvgIpc) is 2.84. The summed E-state index contributed by atoms with van der Waals surface area (Å²) in [6.07, 6.45) is 3.15. The van der Waals surface area contributed by atoms with E-state index in [1.165, 1.54) is 12.3 Å². The van der Waals surface area contributed by atoms with Gasteiger partial charge in [0, 0.05) is 35.2 Å². The predicted molar refractivity (Wildman–Crippen MR) is 142 cm³/mol. The van der Waals surface area contributed by atoms with Crippen LogP contribution in [0.1, 0.15) is 34.6 Å². The van der Waals surface area contributed by atoms with Gasteiger partial charge in [0.1, 0.15) is 0 Å². The first-order chi connectivity index (χ1) is 16.4. The minimum atomic E-state index is -1.12. The van der Waals surface area contributed by atoms with Crippen molar-refractivity contribution in [2.75, 3.05) is 10.6 Å². The molecule has 1 amide bonds. The van der Waals surface area contributed by atoms with Gasteiger partial charge in [-0.15, -0.1) is 0 Å². The number of carboxylic acid groups (broad SMARTS) is 1. The van der Waals surface area contributed by atoms with Gasteiger partial charge in [0.15, 0.2) is 0 Å². The van der Waals surface area contributed by atoms with Gasteiger partial charge in [0.05, 0.1) is 16.8 Å². The molecule has 0 spiro atoms. The zero-order chi connectivity index (χ0) is 24.1. The van der Waals surface area contributed by atoms with Gasteiger partial charge in [0.25, 0.3) is 5.91 Å². The van der Waals surface area contributed by atoms with Gasteiger partial charge in [-0.25, -0.2) is 4.79 Å². The number of aromatic carboxylic acids is 1. The summed E-state index contributed by atoms with van der Waals surface area (Å²) in [6.45, 7) is 4.10. The predicted octanol–water partition coefficient (Wildman–Crippen LogP) is 5.54. The normalized spacial score (nSPS) is 10.4. The van der Waals surface area contributed by atoms with Gasteiger partial charge in [-0.2, -0.15) is 0 Å². The molecule has 172 valence electrons. The SMILES string of the molecule is CC(C)Nc1ccccc1-c1ccc(C(=O)O)c(NC(=O)c2cncc(-c3ccccc3)c2)c1.[NaH]. The summed E-state index contributed by atoms with van der Waals surface area (Å²) in [5, 5.41) is 15.9. The number of nitrogens with zero attached hydrogens (tertiary/aromatic N) is 1. The molecule has 0 aliphatic heterocycles.